The van der Waals surface area contributed by atoms with Crippen LogP contribution in [0.3, 0.4) is 0 Å². The number of benzene rings is 3. The van der Waals surface area contributed by atoms with Gasteiger partial charge in [-0.15, -0.1) is 0 Å². The smallest absolute Gasteiger partial charge is 0.211 e. The van der Waals surface area contributed by atoms with Crippen LogP contribution < -0.4 is 20.1 Å². The molecule has 5 aliphatic rings. The van der Waals surface area contributed by atoms with Crippen LogP contribution in [0.5, 0.6) is 0 Å². The average molecular weight is 597 g/mol. The van der Waals surface area contributed by atoms with E-state index in [1.807, 2.05) is 0 Å². The maximum Gasteiger partial charge on any atom is 0.211 e. The Kier molecular flexibility index (Phi) is 6.44. The van der Waals surface area contributed by atoms with Crippen molar-refractivity contribution in [1.29, 1.82) is 0 Å². The molecule has 0 bridgehead atoms. The van der Waals surface area contributed by atoms with Crippen LogP contribution in [0.4, 0.5) is 5.69 Å². The molecule has 0 spiro atoms. The Morgan fingerprint density at radius 1 is 0.711 bits per heavy atom. The molecule has 0 aromatic heterocycles. The summed E-state index contributed by atoms with van der Waals surface area (Å²) in [5, 5.41) is 2.99. The largest absolute Gasteiger partial charge is 0.362 e. The van der Waals surface area contributed by atoms with Crippen LogP contribution in [-0.4, -0.2) is 24.2 Å². The van der Waals surface area contributed by atoms with Gasteiger partial charge in [-0.3, -0.25) is 0 Å². The topological polar surface area (TPSA) is 6.25 Å². The molecule has 4 heterocycles. The summed E-state index contributed by atoms with van der Waals surface area (Å²) < 4.78 is 2.73. The maximum absolute atomic E-state index is 2.73. The molecule has 45 heavy (non-hydrogen) atoms. The van der Waals surface area contributed by atoms with Crippen molar-refractivity contribution in [3.8, 4) is 0 Å². The minimum Gasteiger partial charge on any atom is -0.362 e. The third-order valence-corrected chi connectivity index (χ3v) is 11.8. The van der Waals surface area contributed by atoms with Gasteiger partial charge in [0.05, 0.1) is 5.54 Å². The van der Waals surface area contributed by atoms with Gasteiger partial charge in [0.15, 0.2) is 5.54 Å². The third kappa shape index (κ3) is 3.96. The number of allylic oxidation sites excluding steroid dienone is 2. The Hall–Kier alpha value is -3.39. The van der Waals surface area contributed by atoms with Crippen LogP contribution >= 0.6 is 0 Å². The standard InChI is InChI=1S/C42H49N2.CH3/c1-24-15-16-25(2)30(19-24)35-33-20-31-26(3)22-40(5,6)43-17-11-13-28(38(31)43)36(33)42(9,10)37-29-14-12-18-44-39(29)32(21-34(35)37)27(4)23-41(44,7)8;/h15-16,19-23H,11-14,17-18H2,1-10H3;1H3/q+1;-1. The Labute approximate surface area is 271 Å². The van der Waals surface area contributed by atoms with E-state index in [1.165, 1.54) is 79.2 Å². The van der Waals surface area contributed by atoms with E-state index in [0.29, 0.717) is 0 Å². The highest BCUT2D eigenvalue weighted by Gasteiger charge is 2.46. The summed E-state index contributed by atoms with van der Waals surface area (Å²) in [7, 11) is 0. The molecule has 0 saturated carbocycles. The van der Waals surface area contributed by atoms with Gasteiger partial charge in [-0.25, -0.2) is 4.58 Å². The van der Waals surface area contributed by atoms with Crippen LogP contribution in [-0.2, 0) is 18.3 Å². The molecular weight excluding hydrogens is 544 g/mol. The minimum absolute atomic E-state index is 0. The van der Waals surface area contributed by atoms with Gasteiger partial charge in [0.25, 0.3) is 0 Å². The fraction of sp³-hybridized carbons (Fsp3) is 0.442. The van der Waals surface area contributed by atoms with Crippen LogP contribution in [0.25, 0.3) is 16.7 Å². The summed E-state index contributed by atoms with van der Waals surface area (Å²) in [6.07, 6.45) is 9.77. The summed E-state index contributed by atoms with van der Waals surface area (Å²) >= 11 is 0. The van der Waals surface area contributed by atoms with Crippen molar-refractivity contribution in [2.24, 2.45) is 0 Å². The number of rotatable bonds is 1. The van der Waals surface area contributed by atoms with Crippen LogP contribution in [0.15, 0.2) is 42.5 Å². The van der Waals surface area contributed by atoms with E-state index in [0.717, 1.165) is 25.9 Å². The van der Waals surface area contributed by atoms with Crippen LogP contribution in [0, 0.1) is 21.3 Å². The fourth-order valence-electron chi connectivity index (χ4n) is 10.1. The molecule has 3 aromatic carbocycles. The van der Waals surface area contributed by atoms with Crippen molar-refractivity contribution >= 4 is 22.4 Å². The molecule has 0 N–H and O–H groups in total. The second-order valence-electron chi connectivity index (χ2n) is 16.1. The monoisotopic (exact) mass is 596 g/mol. The van der Waals surface area contributed by atoms with E-state index in [1.54, 1.807) is 22.3 Å². The molecule has 0 radical (unpaired) electrons. The van der Waals surface area contributed by atoms with Crippen molar-refractivity contribution in [2.75, 3.05) is 18.0 Å². The lowest BCUT2D eigenvalue weighted by atomic mass is 9.62. The third-order valence-electron chi connectivity index (χ3n) is 11.8. The summed E-state index contributed by atoms with van der Waals surface area (Å²) in [4.78, 5) is 2.73. The quantitative estimate of drug-likeness (QED) is 0.203. The van der Waals surface area contributed by atoms with Crippen molar-refractivity contribution in [3.05, 3.63) is 116 Å². The average Bonchev–Trinajstić information content (AvgIpc) is 2.95. The number of hydrogen-bond acceptors (Lipinski definition) is 1. The second-order valence-corrected chi connectivity index (χ2v) is 16.1. The van der Waals surface area contributed by atoms with Crippen molar-refractivity contribution in [3.63, 3.8) is 0 Å². The van der Waals surface area contributed by atoms with Gasteiger partial charge < -0.3 is 12.3 Å². The van der Waals surface area contributed by atoms with Crippen LogP contribution in [0.1, 0.15) is 124 Å². The molecule has 0 atom stereocenters. The number of aryl methyl sites for hydroxylation is 2. The molecule has 1 aliphatic carbocycles. The number of nitrogens with zero attached hydrogens (tertiary/aromatic N) is 2. The summed E-state index contributed by atoms with van der Waals surface area (Å²) in [5.74, 6) is 0. The van der Waals surface area contributed by atoms with Gasteiger partial charge >= 0.3 is 0 Å². The first kappa shape index (κ1) is 30.3. The zero-order valence-corrected chi connectivity index (χ0v) is 29.7. The highest BCUT2D eigenvalue weighted by molar-refractivity contribution is 5.94. The first-order valence-electron chi connectivity index (χ1n) is 17.0. The van der Waals surface area contributed by atoms with E-state index >= 15 is 0 Å². The van der Waals surface area contributed by atoms with E-state index in [4.69, 9.17) is 0 Å². The lowest BCUT2D eigenvalue weighted by Gasteiger charge is -2.49. The Morgan fingerprint density at radius 2 is 1.42 bits per heavy atom. The first-order chi connectivity index (χ1) is 20.7. The van der Waals surface area contributed by atoms with Gasteiger partial charge in [-0.05, 0) is 134 Å². The first-order valence-corrected chi connectivity index (χ1v) is 17.0. The minimum atomic E-state index is -0.106. The fourth-order valence-corrected chi connectivity index (χ4v) is 10.1. The van der Waals surface area contributed by atoms with Crippen molar-refractivity contribution in [1.82, 2.24) is 4.58 Å². The summed E-state index contributed by atoms with van der Waals surface area (Å²) in [6, 6.07) is 12.3. The Balaban J connectivity index is 0.00000325. The number of hydrogen-bond donors (Lipinski definition) is 0. The molecular formula is C43H52N2. The van der Waals surface area contributed by atoms with Gasteiger partial charge in [-0.2, -0.15) is 0 Å². The predicted molar refractivity (Wildman–Crippen MR) is 194 cm³/mol. The lowest BCUT2D eigenvalue weighted by molar-refractivity contribution is 0.367. The van der Waals surface area contributed by atoms with E-state index in [-0.39, 0.29) is 23.9 Å². The Bertz CT molecular complexity index is 2020. The van der Waals surface area contributed by atoms with Crippen LogP contribution in [0.2, 0.25) is 0 Å². The second kappa shape index (κ2) is 9.57. The molecule has 0 amide bonds. The van der Waals surface area contributed by atoms with Crippen molar-refractivity contribution < 1.29 is 0 Å². The molecule has 0 unspecified atom stereocenters. The lowest BCUT2D eigenvalue weighted by Crippen LogP contribution is -2.55. The molecule has 4 aliphatic heterocycles. The molecule has 3 aromatic rings. The normalized spacial score (nSPS) is 21.1. The van der Waals surface area contributed by atoms with E-state index < -0.39 is 0 Å². The molecule has 2 heteroatoms. The summed E-state index contributed by atoms with van der Waals surface area (Å²) in [6.45, 7) is 26.3. The van der Waals surface area contributed by atoms with Gasteiger partial charge in [0.2, 0.25) is 5.36 Å². The molecule has 234 valence electrons. The maximum atomic E-state index is 2.73. The van der Waals surface area contributed by atoms with E-state index in [2.05, 4.69) is 121 Å². The zero-order valence-electron chi connectivity index (χ0n) is 29.7. The van der Waals surface area contributed by atoms with Gasteiger partial charge in [-0.1, -0.05) is 43.7 Å². The molecule has 8 rings (SSSR count). The van der Waals surface area contributed by atoms with Crippen molar-refractivity contribution in [2.45, 2.75) is 111 Å². The Morgan fingerprint density at radius 3 is 2.18 bits per heavy atom. The highest BCUT2D eigenvalue weighted by Crippen LogP contribution is 2.52. The SMILES string of the molecule is CC1=CC(C)(C)N2CCCc3c2c1cc1c3C(C)(C)c2c3c4c(cc2=C1c1cc(C)ccc1C)C(C)=CC(C)(C)[N+]=4CCC3.[CH3-]. The zero-order chi connectivity index (χ0) is 31.1. The molecule has 2 nitrogen and oxygen atoms in total. The van der Waals surface area contributed by atoms with E-state index in [9.17, 15) is 0 Å². The molecule has 0 saturated heterocycles. The van der Waals surface area contributed by atoms with Gasteiger partial charge in [0.1, 0.15) is 6.54 Å². The van der Waals surface area contributed by atoms with Gasteiger partial charge in [0, 0.05) is 54.6 Å². The molecule has 0 fully saturated rings. The predicted octanol–water partition coefficient (Wildman–Crippen LogP) is 8.22. The number of fused-ring (bicyclic) bond motifs is 4. The summed E-state index contributed by atoms with van der Waals surface area (Å²) in [5.41, 5.74) is 20.6. The number of anilines is 1. The highest BCUT2D eigenvalue weighted by atomic mass is 15.2.